The summed E-state index contributed by atoms with van der Waals surface area (Å²) in [6.07, 6.45) is 2.23. The van der Waals surface area contributed by atoms with E-state index < -0.39 is 0 Å². The molecule has 0 aliphatic heterocycles. The second-order valence-electron chi connectivity index (χ2n) is 4.17. The van der Waals surface area contributed by atoms with Gasteiger partial charge >= 0.3 is 0 Å². The zero-order chi connectivity index (χ0) is 14.3. The second kappa shape index (κ2) is 10.1. The number of halogens is 2. The van der Waals surface area contributed by atoms with E-state index in [0.717, 1.165) is 12.8 Å². The normalized spacial score (nSPS) is 14.4. The summed E-state index contributed by atoms with van der Waals surface area (Å²) in [5.74, 6) is 0. The highest BCUT2D eigenvalue weighted by Crippen LogP contribution is 2.36. The van der Waals surface area contributed by atoms with Crippen molar-refractivity contribution in [2.24, 2.45) is 0 Å². The van der Waals surface area contributed by atoms with Crippen molar-refractivity contribution >= 4 is 60.8 Å². The fourth-order valence-corrected chi connectivity index (χ4v) is 4.30. The van der Waals surface area contributed by atoms with Gasteiger partial charge in [-0.3, -0.25) is 8.37 Å². The first-order valence-corrected chi connectivity index (χ1v) is 12.7. The minimum Gasteiger partial charge on any atom is -0.297 e. The number of hydrogen-bond donors (Lipinski definition) is 0. The van der Waals surface area contributed by atoms with Crippen molar-refractivity contribution in [2.45, 2.75) is 45.8 Å². The molecule has 2 unspecified atom stereocenters. The minimum absolute atomic E-state index is 0.145. The maximum absolute atomic E-state index is 5.74. The first kappa shape index (κ1) is 18.3. The van der Waals surface area contributed by atoms with Crippen molar-refractivity contribution in [3.63, 3.8) is 0 Å². The van der Waals surface area contributed by atoms with Crippen molar-refractivity contribution in [1.82, 2.24) is 0 Å². The fraction of sp³-hybridized carbons (Fsp3) is 0.538. The van der Waals surface area contributed by atoms with Crippen LogP contribution in [0.25, 0.3) is 0 Å². The van der Waals surface area contributed by atoms with Gasteiger partial charge in [-0.15, -0.1) is 0 Å². The van der Waals surface area contributed by atoms with Crippen LogP contribution >= 0.6 is 60.8 Å². The third-order valence-corrected chi connectivity index (χ3v) is 5.01. The van der Waals surface area contributed by atoms with Crippen LogP contribution in [0.3, 0.4) is 0 Å². The first-order valence-electron chi connectivity index (χ1n) is 6.17. The van der Waals surface area contributed by atoms with Crippen LogP contribution in [-0.4, -0.2) is 0 Å². The van der Waals surface area contributed by atoms with Crippen LogP contribution in [0.2, 0.25) is 0 Å². The quantitative estimate of drug-likeness (QED) is 0.271. The molecule has 0 saturated carbocycles. The minimum atomic E-state index is 0.145. The Morgan fingerprint density at radius 3 is 1.74 bits per heavy atom. The van der Waals surface area contributed by atoms with Crippen molar-refractivity contribution in [3.8, 4) is 0 Å². The second-order valence-corrected chi connectivity index (χ2v) is 6.97. The molecule has 0 saturated heterocycles. The average molecular weight is 524 g/mol. The van der Waals surface area contributed by atoms with Gasteiger partial charge in [-0.05, 0) is 36.5 Å². The predicted molar refractivity (Wildman–Crippen MR) is 103 cm³/mol. The topological polar surface area (TPSA) is 18.5 Å². The third kappa shape index (κ3) is 5.21. The van der Waals surface area contributed by atoms with Gasteiger partial charge in [0.25, 0.3) is 0 Å². The standard InChI is InChI=1S/C13H18I2O2S2/c1-4-12(16-18-14)10-7-6-8-11(9(10)3)13(5-2)17-19-15/h6-8,12-13H,4-5H2,1-3H3. The van der Waals surface area contributed by atoms with E-state index in [0.29, 0.717) is 0 Å². The molecule has 0 amide bonds. The zero-order valence-electron chi connectivity index (χ0n) is 11.2. The Labute approximate surface area is 148 Å². The smallest absolute Gasteiger partial charge is 0.0981 e. The molecule has 108 valence electrons. The van der Waals surface area contributed by atoms with Crippen LogP contribution in [-0.2, 0) is 8.37 Å². The molecule has 0 aromatic heterocycles. The van der Waals surface area contributed by atoms with E-state index in [4.69, 9.17) is 8.37 Å². The molecule has 0 spiro atoms. The van der Waals surface area contributed by atoms with E-state index in [-0.39, 0.29) is 12.2 Å². The summed E-state index contributed by atoms with van der Waals surface area (Å²) in [5.41, 5.74) is 3.83. The van der Waals surface area contributed by atoms with Crippen LogP contribution in [0.1, 0.15) is 55.6 Å². The van der Waals surface area contributed by atoms with Gasteiger partial charge in [0.05, 0.1) is 30.6 Å². The van der Waals surface area contributed by atoms with Crippen LogP contribution < -0.4 is 0 Å². The molecule has 2 atom stereocenters. The molecule has 0 aliphatic carbocycles. The Morgan fingerprint density at radius 2 is 1.42 bits per heavy atom. The number of hydrogen-bond acceptors (Lipinski definition) is 4. The molecule has 0 bridgehead atoms. The van der Waals surface area contributed by atoms with Crippen LogP contribution in [0, 0.1) is 6.92 Å². The van der Waals surface area contributed by atoms with Gasteiger partial charge in [0.2, 0.25) is 0 Å². The highest BCUT2D eigenvalue weighted by atomic mass is 127. The lowest BCUT2D eigenvalue weighted by Gasteiger charge is -2.21. The third-order valence-electron chi connectivity index (χ3n) is 3.16. The van der Waals surface area contributed by atoms with E-state index in [1.54, 1.807) is 0 Å². The molecule has 2 nitrogen and oxygen atoms in total. The maximum Gasteiger partial charge on any atom is 0.0981 e. The molecule has 1 aromatic rings. The Hall–Kier alpha value is 1.30. The Balaban J connectivity index is 3.08. The van der Waals surface area contributed by atoms with Crippen molar-refractivity contribution in [2.75, 3.05) is 0 Å². The fourth-order valence-electron chi connectivity index (χ4n) is 2.14. The SMILES string of the molecule is CCC(OSI)c1cccc(C(CC)OSI)c1C. The van der Waals surface area contributed by atoms with Crippen LogP contribution in [0.5, 0.6) is 0 Å². The summed E-state index contributed by atoms with van der Waals surface area (Å²) in [6, 6.07) is 6.42. The molecule has 0 radical (unpaired) electrons. The van der Waals surface area contributed by atoms with Gasteiger partial charge in [-0.25, -0.2) is 0 Å². The Morgan fingerprint density at radius 1 is 1.00 bits per heavy atom. The Bertz CT molecular complexity index is 359. The molecule has 0 N–H and O–H groups in total. The number of benzene rings is 1. The van der Waals surface area contributed by atoms with Gasteiger partial charge in [0.1, 0.15) is 0 Å². The molecule has 1 aromatic carbocycles. The van der Waals surface area contributed by atoms with Crippen LogP contribution in [0.4, 0.5) is 0 Å². The summed E-state index contributed by atoms with van der Waals surface area (Å²) in [7, 11) is 2.80. The largest absolute Gasteiger partial charge is 0.297 e. The molecule has 6 heteroatoms. The van der Waals surface area contributed by atoms with Gasteiger partial charge in [-0.1, -0.05) is 32.0 Å². The summed E-state index contributed by atoms with van der Waals surface area (Å²) < 4.78 is 11.5. The molecular weight excluding hydrogens is 506 g/mol. The molecule has 19 heavy (non-hydrogen) atoms. The lowest BCUT2D eigenvalue weighted by molar-refractivity contribution is 0.237. The van der Waals surface area contributed by atoms with Crippen molar-refractivity contribution in [1.29, 1.82) is 0 Å². The van der Waals surface area contributed by atoms with E-state index >= 15 is 0 Å². The van der Waals surface area contributed by atoms with Gasteiger partial charge in [-0.2, -0.15) is 0 Å². The maximum atomic E-state index is 5.74. The zero-order valence-corrected chi connectivity index (χ0v) is 17.1. The van der Waals surface area contributed by atoms with E-state index in [1.807, 2.05) is 0 Å². The van der Waals surface area contributed by atoms with E-state index in [9.17, 15) is 0 Å². The summed E-state index contributed by atoms with van der Waals surface area (Å²) in [4.78, 5) is 0. The Kier molecular flexibility index (Phi) is 9.75. The lowest BCUT2D eigenvalue weighted by atomic mass is 9.93. The molecule has 1 rings (SSSR count). The molecule has 0 fully saturated rings. The van der Waals surface area contributed by atoms with Gasteiger partial charge in [0.15, 0.2) is 0 Å². The van der Waals surface area contributed by atoms with Gasteiger partial charge in [0, 0.05) is 42.4 Å². The molecule has 0 aliphatic rings. The van der Waals surface area contributed by atoms with Crippen LogP contribution in [0.15, 0.2) is 18.2 Å². The summed E-state index contributed by atoms with van der Waals surface area (Å²) in [6.45, 7) is 6.47. The predicted octanol–water partition coefficient (Wildman–Crippen LogP) is 6.93. The average Bonchev–Trinajstić information content (AvgIpc) is 2.43. The monoisotopic (exact) mass is 524 g/mol. The number of rotatable bonds is 8. The van der Waals surface area contributed by atoms with E-state index in [1.165, 1.54) is 35.1 Å². The summed E-state index contributed by atoms with van der Waals surface area (Å²) >= 11 is 4.35. The van der Waals surface area contributed by atoms with Crippen molar-refractivity contribution in [3.05, 3.63) is 34.9 Å². The van der Waals surface area contributed by atoms with Gasteiger partial charge < -0.3 is 0 Å². The van der Waals surface area contributed by atoms with Crippen molar-refractivity contribution < 1.29 is 8.37 Å². The first-order chi connectivity index (χ1) is 9.19. The van der Waals surface area contributed by atoms with E-state index in [2.05, 4.69) is 81.4 Å². The summed E-state index contributed by atoms with van der Waals surface area (Å²) in [5, 5.41) is 0. The molecular formula is C13H18I2O2S2. The lowest BCUT2D eigenvalue weighted by Crippen LogP contribution is -2.06. The molecule has 0 heterocycles. The highest BCUT2D eigenvalue weighted by Gasteiger charge is 2.19. The highest BCUT2D eigenvalue weighted by molar-refractivity contribution is 14.2.